The summed E-state index contributed by atoms with van der Waals surface area (Å²) in [6, 6.07) is 48.0. The summed E-state index contributed by atoms with van der Waals surface area (Å²) >= 11 is 0. The summed E-state index contributed by atoms with van der Waals surface area (Å²) in [4.78, 5) is 15.5. The minimum absolute atomic E-state index is 0.555. The first-order valence-electron chi connectivity index (χ1n) is 15.0. The molecule has 0 spiro atoms. The summed E-state index contributed by atoms with van der Waals surface area (Å²) in [7, 11) is 0. The maximum atomic E-state index is 6.27. The van der Waals surface area contributed by atoms with Gasteiger partial charge in [-0.1, -0.05) is 97.1 Å². The van der Waals surface area contributed by atoms with E-state index in [1.807, 2.05) is 24.3 Å². The van der Waals surface area contributed by atoms with Gasteiger partial charge in [0.05, 0.1) is 22.1 Å². The van der Waals surface area contributed by atoms with Gasteiger partial charge in [0.25, 0.3) is 0 Å². The number of fused-ring (bicyclic) bond motifs is 9. The Bertz CT molecular complexity index is 2550. The van der Waals surface area contributed by atoms with Crippen LogP contribution in [0.3, 0.4) is 0 Å². The monoisotopic (exact) mass is 577 g/mol. The van der Waals surface area contributed by atoms with Crippen molar-refractivity contribution in [2.45, 2.75) is 0 Å². The van der Waals surface area contributed by atoms with Crippen LogP contribution in [0.2, 0.25) is 0 Å². The van der Waals surface area contributed by atoms with Crippen LogP contribution >= 0.6 is 0 Å². The highest BCUT2D eigenvalue weighted by atomic mass is 16.3. The van der Waals surface area contributed by atoms with Crippen LogP contribution in [0.4, 0.5) is 0 Å². The molecule has 0 atom stereocenters. The van der Waals surface area contributed by atoms with Gasteiger partial charge < -0.3 is 4.42 Å². The highest BCUT2D eigenvalue weighted by Crippen LogP contribution is 2.35. The first kappa shape index (κ1) is 24.2. The van der Waals surface area contributed by atoms with Crippen LogP contribution in [0.5, 0.6) is 0 Å². The van der Waals surface area contributed by atoms with E-state index in [0.717, 1.165) is 71.1 Å². The predicted octanol–water partition coefficient (Wildman–Crippen LogP) is 9.63. The van der Waals surface area contributed by atoms with Crippen molar-refractivity contribution in [3.05, 3.63) is 140 Å². The first-order chi connectivity index (χ1) is 22.3. The Morgan fingerprint density at radius 3 is 1.31 bits per heavy atom. The van der Waals surface area contributed by atoms with Crippen molar-refractivity contribution in [1.82, 2.24) is 24.1 Å². The fourth-order valence-corrected chi connectivity index (χ4v) is 6.82. The van der Waals surface area contributed by atoms with Crippen LogP contribution in [0, 0.1) is 0 Å². The lowest BCUT2D eigenvalue weighted by atomic mass is 10.1. The van der Waals surface area contributed by atoms with E-state index < -0.39 is 0 Å². The molecule has 0 aliphatic heterocycles. The lowest BCUT2D eigenvalue weighted by Gasteiger charge is -2.12. The standard InChI is InChI=1S/C39H23N5O/c1-6-16-31-25(11-1)26-12-2-7-17-32(26)43(31)38-40-37(24-21-22-30-29-15-5-10-20-35(29)45-36(30)23-24)41-39(42-38)44-33-18-8-3-13-27(33)28-14-4-9-19-34(28)44/h1-23H. The van der Waals surface area contributed by atoms with E-state index >= 15 is 0 Å². The minimum Gasteiger partial charge on any atom is -0.456 e. The van der Waals surface area contributed by atoms with Gasteiger partial charge in [-0.05, 0) is 42.5 Å². The van der Waals surface area contributed by atoms with Crippen molar-refractivity contribution in [3.8, 4) is 23.3 Å². The third-order valence-electron chi connectivity index (χ3n) is 8.81. The van der Waals surface area contributed by atoms with Gasteiger partial charge in [-0.2, -0.15) is 15.0 Å². The molecule has 4 aromatic heterocycles. The zero-order valence-corrected chi connectivity index (χ0v) is 23.9. The summed E-state index contributed by atoms with van der Waals surface area (Å²) in [6.07, 6.45) is 0. The molecule has 4 heterocycles. The third kappa shape index (κ3) is 3.48. The van der Waals surface area contributed by atoms with Crippen LogP contribution < -0.4 is 0 Å². The van der Waals surface area contributed by atoms with Gasteiger partial charge in [0.2, 0.25) is 11.9 Å². The fraction of sp³-hybridized carbons (Fsp3) is 0. The van der Waals surface area contributed by atoms with E-state index in [1.165, 1.54) is 0 Å². The maximum absolute atomic E-state index is 6.27. The van der Waals surface area contributed by atoms with Gasteiger partial charge in [0.1, 0.15) is 11.2 Å². The summed E-state index contributed by atoms with van der Waals surface area (Å²) in [5.41, 5.74) is 6.67. The molecule has 0 radical (unpaired) electrons. The van der Waals surface area contributed by atoms with E-state index in [2.05, 4.69) is 124 Å². The van der Waals surface area contributed by atoms with E-state index in [-0.39, 0.29) is 0 Å². The number of aromatic nitrogens is 5. The number of benzene rings is 6. The predicted molar refractivity (Wildman–Crippen MR) is 181 cm³/mol. The molecule has 0 bridgehead atoms. The Morgan fingerprint density at radius 1 is 0.378 bits per heavy atom. The van der Waals surface area contributed by atoms with Gasteiger partial charge in [0, 0.05) is 37.9 Å². The second-order valence-electron chi connectivity index (χ2n) is 11.3. The number of hydrogen-bond donors (Lipinski definition) is 0. The average molecular weight is 578 g/mol. The zero-order chi connectivity index (χ0) is 29.5. The van der Waals surface area contributed by atoms with E-state index in [4.69, 9.17) is 19.4 Å². The Kier molecular flexibility index (Phi) is 4.90. The fourth-order valence-electron chi connectivity index (χ4n) is 6.82. The van der Waals surface area contributed by atoms with Gasteiger partial charge in [-0.3, -0.25) is 9.13 Å². The Hall–Kier alpha value is -6.27. The van der Waals surface area contributed by atoms with E-state index in [0.29, 0.717) is 17.7 Å². The van der Waals surface area contributed by atoms with Crippen molar-refractivity contribution in [1.29, 1.82) is 0 Å². The molecule has 0 N–H and O–H groups in total. The van der Waals surface area contributed by atoms with Crippen molar-refractivity contribution in [2.75, 3.05) is 0 Å². The number of rotatable bonds is 3. The van der Waals surface area contributed by atoms with Gasteiger partial charge in [-0.15, -0.1) is 0 Å². The third-order valence-corrected chi connectivity index (χ3v) is 8.81. The van der Waals surface area contributed by atoms with Gasteiger partial charge >= 0.3 is 0 Å². The molecule has 0 amide bonds. The smallest absolute Gasteiger partial charge is 0.240 e. The molecule has 210 valence electrons. The molecule has 0 aliphatic carbocycles. The quantitative estimate of drug-likeness (QED) is 0.210. The van der Waals surface area contributed by atoms with Crippen molar-refractivity contribution in [3.63, 3.8) is 0 Å². The molecule has 6 aromatic carbocycles. The molecule has 0 saturated heterocycles. The van der Waals surface area contributed by atoms with Crippen molar-refractivity contribution >= 4 is 65.6 Å². The molecule has 0 aliphatic rings. The lowest BCUT2D eigenvalue weighted by Crippen LogP contribution is -2.10. The topological polar surface area (TPSA) is 61.7 Å². The molecule has 6 heteroatoms. The Morgan fingerprint density at radius 2 is 0.800 bits per heavy atom. The summed E-state index contributed by atoms with van der Waals surface area (Å²) in [5, 5.41) is 6.75. The number of nitrogens with zero attached hydrogens (tertiary/aromatic N) is 5. The second kappa shape index (κ2) is 9.11. The Balaban J connectivity index is 1.31. The van der Waals surface area contributed by atoms with E-state index in [1.54, 1.807) is 0 Å². The van der Waals surface area contributed by atoms with Crippen LogP contribution in [0.25, 0.3) is 88.8 Å². The molecule has 45 heavy (non-hydrogen) atoms. The van der Waals surface area contributed by atoms with Crippen molar-refractivity contribution in [2.24, 2.45) is 0 Å². The SMILES string of the molecule is c1ccc2c(c1)oc1cc(-c3nc(-n4c5ccccc5c5ccccc54)nc(-n4c5ccccc5c5ccccc54)n3)ccc12. The van der Waals surface area contributed by atoms with Gasteiger partial charge in [-0.25, -0.2) is 0 Å². The molecular weight excluding hydrogens is 554 g/mol. The molecule has 6 nitrogen and oxygen atoms in total. The Labute approximate surface area is 256 Å². The first-order valence-corrected chi connectivity index (χ1v) is 15.0. The maximum Gasteiger partial charge on any atom is 0.240 e. The molecule has 0 unspecified atom stereocenters. The molecule has 0 fully saturated rings. The highest BCUT2D eigenvalue weighted by molar-refractivity contribution is 6.10. The summed E-state index contributed by atoms with van der Waals surface area (Å²) in [5.74, 6) is 1.68. The largest absolute Gasteiger partial charge is 0.456 e. The summed E-state index contributed by atoms with van der Waals surface area (Å²) < 4.78 is 10.6. The molecule has 0 saturated carbocycles. The molecule has 10 rings (SSSR count). The molecular formula is C39H23N5O. The zero-order valence-electron chi connectivity index (χ0n) is 23.9. The normalized spacial score (nSPS) is 12.0. The number of furan rings is 1. The van der Waals surface area contributed by atoms with Crippen LogP contribution in [-0.2, 0) is 0 Å². The molecule has 10 aromatic rings. The van der Waals surface area contributed by atoms with Gasteiger partial charge in [0.15, 0.2) is 5.82 Å². The number of para-hydroxylation sites is 5. The highest BCUT2D eigenvalue weighted by Gasteiger charge is 2.20. The lowest BCUT2D eigenvalue weighted by molar-refractivity contribution is 0.669. The minimum atomic E-state index is 0.555. The second-order valence-corrected chi connectivity index (χ2v) is 11.3. The average Bonchev–Trinajstić information content (AvgIpc) is 3.75. The van der Waals surface area contributed by atoms with Crippen LogP contribution in [0.1, 0.15) is 0 Å². The summed E-state index contributed by atoms with van der Waals surface area (Å²) in [6.45, 7) is 0. The van der Waals surface area contributed by atoms with Crippen LogP contribution in [0.15, 0.2) is 144 Å². The van der Waals surface area contributed by atoms with Crippen molar-refractivity contribution < 1.29 is 4.42 Å². The van der Waals surface area contributed by atoms with Crippen LogP contribution in [-0.4, -0.2) is 24.1 Å². The van der Waals surface area contributed by atoms with E-state index in [9.17, 15) is 0 Å². The number of hydrogen-bond acceptors (Lipinski definition) is 4.